The molecule has 3 rings (SSSR count). The highest BCUT2D eigenvalue weighted by Gasteiger charge is 2.20. The minimum Gasteiger partial charge on any atom is -0.338 e. The van der Waals surface area contributed by atoms with Gasteiger partial charge in [0.2, 0.25) is 11.7 Å². The second-order valence-corrected chi connectivity index (χ2v) is 5.43. The summed E-state index contributed by atoms with van der Waals surface area (Å²) < 4.78 is 6.27. The smallest absolute Gasteiger partial charge is 0.235 e. The average molecular weight is 345 g/mol. The first-order valence-electron chi connectivity index (χ1n) is 6.48. The summed E-state index contributed by atoms with van der Waals surface area (Å²) in [6.45, 7) is 0.402. The van der Waals surface area contributed by atoms with Gasteiger partial charge in [-0.05, 0) is 33.6 Å². The van der Waals surface area contributed by atoms with Gasteiger partial charge in [-0.1, -0.05) is 35.5 Å². The third-order valence-corrected chi connectivity index (χ3v) is 3.60. The number of nitrogens with two attached hydrogens (primary N) is 1. The summed E-state index contributed by atoms with van der Waals surface area (Å²) >= 11 is 3.34. The molecular weight excluding hydrogens is 332 g/mol. The van der Waals surface area contributed by atoms with Gasteiger partial charge in [0.05, 0.1) is 5.92 Å². The second-order valence-electron chi connectivity index (χ2n) is 4.52. The lowest BCUT2D eigenvalue weighted by Gasteiger charge is -2.09. The summed E-state index contributed by atoms with van der Waals surface area (Å²) in [7, 11) is 0. The molecule has 0 bridgehead atoms. The molecule has 0 radical (unpaired) electrons. The van der Waals surface area contributed by atoms with Crippen LogP contribution in [-0.2, 0) is 0 Å². The van der Waals surface area contributed by atoms with Gasteiger partial charge in [-0.25, -0.2) is 0 Å². The van der Waals surface area contributed by atoms with Crippen LogP contribution in [0.15, 0.2) is 57.7 Å². The first kappa shape index (κ1) is 13.9. The van der Waals surface area contributed by atoms with Gasteiger partial charge in [0, 0.05) is 17.2 Å². The van der Waals surface area contributed by atoms with Crippen molar-refractivity contribution in [1.29, 1.82) is 0 Å². The molecule has 0 saturated carbocycles. The Morgan fingerprint density at radius 1 is 1.14 bits per heavy atom. The number of pyridine rings is 1. The molecular formula is C15H13BrN4O. The van der Waals surface area contributed by atoms with Gasteiger partial charge in [-0.15, -0.1) is 0 Å². The number of nitrogens with zero attached hydrogens (tertiary/aromatic N) is 3. The minimum absolute atomic E-state index is 0.108. The molecule has 2 heterocycles. The van der Waals surface area contributed by atoms with Crippen molar-refractivity contribution >= 4 is 15.9 Å². The zero-order valence-electron chi connectivity index (χ0n) is 11.1. The van der Waals surface area contributed by atoms with Crippen LogP contribution in [0.5, 0.6) is 0 Å². The maximum absolute atomic E-state index is 5.86. The Morgan fingerprint density at radius 3 is 2.62 bits per heavy atom. The Hall–Kier alpha value is -2.05. The Labute approximate surface area is 130 Å². The van der Waals surface area contributed by atoms with Crippen LogP contribution < -0.4 is 5.73 Å². The van der Waals surface area contributed by atoms with E-state index >= 15 is 0 Å². The Balaban J connectivity index is 1.92. The lowest BCUT2D eigenvalue weighted by Crippen LogP contribution is -2.14. The molecule has 21 heavy (non-hydrogen) atoms. The largest absolute Gasteiger partial charge is 0.338 e. The normalized spacial score (nSPS) is 12.3. The van der Waals surface area contributed by atoms with E-state index in [-0.39, 0.29) is 5.92 Å². The van der Waals surface area contributed by atoms with Crippen LogP contribution in [0.3, 0.4) is 0 Å². The molecule has 1 aromatic carbocycles. The van der Waals surface area contributed by atoms with Gasteiger partial charge in [0.1, 0.15) is 5.69 Å². The number of aromatic nitrogens is 3. The first-order valence-corrected chi connectivity index (χ1v) is 7.28. The summed E-state index contributed by atoms with van der Waals surface area (Å²) in [5.74, 6) is 0.859. The van der Waals surface area contributed by atoms with Crippen molar-refractivity contribution in [2.45, 2.75) is 5.92 Å². The lowest BCUT2D eigenvalue weighted by molar-refractivity contribution is 0.367. The summed E-state index contributed by atoms with van der Waals surface area (Å²) in [5.41, 5.74) is 7.57. The van der Waals surface area contributed by atoms with Gasteiger partial charge in [0.15, 0.2) is 0 Å². The summed E-state index contributed by atoms with van der Waals surface area (Å²) in [5, 5.41) is 3.99. The van der Waals surface area contributed by atoms with E-state index in [1.807, 2.05) is 42.5 Å². The summed E-state index contributed by atoms with van der Waals surface area (Å²) in [4.78, 5) is 8.68. The van der Waals surface area contributed by atoms with Crippen LogP contribution in [-0.4, -0.2) is 21.7 Å². The number of hydrogen-bond donors (Lipinski definition) is 1. The summed E-state index contributed by atoms with van der Waals surface area (Å²) in [6.07, 6.45) is 1.70. The van der Waals surface area contributed by atoms with E-state index in [0.29, 0.717) is 24.0 Å². The highest BCUT2D eigenvalue weighted by molar-refractivity contribution is 9.10. The Morgan fingerprint density at radius 2 is 1.95 bits per heavy atom. The van der Waals surface area contributed by atoms with Crippen molar-refractivity contribution in [3.63, 3.8) is 0 Å². The van der Waals surface area contributed by atoms with E-state index in [4.69, 9.17) is 10.3 Å². The van der Waals surface area contributed by atoms with Crippen LogP contribution in [0.25, 0.3) is 11.5 Å². The van der Waals surface area contributed by atoms with E-state index in [1.54, 1.807) is 6.20 Å². The van der Waals surface area contributed by atoms with Crippen molar-refractivity contribution in [3.8, 4) is 11.5 Å². The Bertz CT molecular complexity index is 712. The van der Waals surface area contributed by atoms with Crippen LogP contribution in [0.2, 0.25) is 0 Å². The average Bonchev–Trinajstić information content (AvgIpc) is 2.99. The molecule has 1 atom stereocenters. The van der Waals surface area contributed by atoms with Gasteiger partial charge < -0.3 is 10.3 Å². The molecule has 0 saturated heterocycles. The van der Waals surface area contributed by atoms with Gasteiger partial charge in [-0.2, -0.15) is 4.98 Å². The molecule has 0 spiro atoms. The molecule has 0 aliphatic rings. The van der Waals surface area contributed by atoms with Crippen LogP contribution in [0.4, 0.5) is 0 Å². The predicted octanol–water partition coefficient (Wildman–Crippen LogP) is 2.98. The van der Waals surface area contributed by atoms with Crippen LogP contribution >= 0.6 is 15.9 Å². The Kier molecular flexibility index (Phi) is 4.08. The van der Waals surface area contributed by atoms with Gasteiger partial charge in [0.25, 0.3) is 0 Å². The molecule has 0 fully saturated rings. The SMILES string of the molecule is NCC(c1ccccc1)c1nc(-c2ccc(Br)cn2)no1. The number of benzene rings is 1. The lowest BCUT2D eigenvalue weighted by atomic mass is 9.99. The number of rotatable bonds is 4. The quantitative estimate of drug-likeness (QED) is 0.787. The third-order valence-electron chi connectivity index (χ3n) is 3.13. The highest BCUT2D eigenvalue weighted by Crippen LogP contribution is 2.24. The molecule has 0 amide bonds. The fraction of sp³-hybridized carbons (Fsp3) is 0.133. The standard InChI is InChI=1S/C15H13BrN4O/c16-11-6-7-13(18-9-11)14-19-15(21-20-14)12(8-17)10-4-2-1-3-5-10/h1-7,9,12H,8,17H2. The topological polar surface area (TPSA) is 77.8 Å². The predicted molar refractivity (Wildman–Crippen MR) is 82.6 cm³/mol. The van der Waals surface area contributed by atoms with Crippen molar-refractivity contribution in [1.82, 2.24) is 15.1 Å². The maximum Gasteiger partial charge on any atom is 0.235 e. The molecule has 2 aromatic heterocycles. The number of hydrogen-bond acceptors (Lipinski definition) is 5. The molecule has 106 valence electrons. The van der Waals surface area contributed by atoms with Gasteiger partial charge in [-0.3, -0.25) is 4.98 Å². The van der Waals surface area contributed by atoms with E-state index < -0.39 is 0 Å². The molecule has 6 heteroatoms. The zero-order chi connectivity index (χ0) is 14.7. The molecule has 2 N–H and O–H groups in total. The fourth-order valence-corrected chi connectivity index (χ4v) is 2.29. The van der Waals surface area contributed by atoms with E-state index in [1.165, 1.54) is 0 Å². The minimum atomic E-state index is -0.108. The summed E-state index contributed by atoms with van der Waals surface area (Å²) in [6, 6.07) is 13.6. The highest BCUT2D eigenvalue weighted by atomic mass is 79.9. The van der Waals surface area contributed by atoms with E-state index in [0.717, 1.165) is 10.0 Å². The molecule has 3 aromatic rings. The van der Waals surface area contributed by atoms with Crippen molar-refractivity contribution in [2.24, 2.45) is 5.73 Å². The van der Waals surface area contributed by atoms with E-state index in [2.05, 4.69) is 31.1 Å². The van der Waals surface area contributed by atoms with Crippen molar-refractivity contribution in [3.05, 3.63) is 64.6 Å². The second kappa shape index (κ2) is 6.15. The number of halogens is 1. The molecule has 5 nitrogen and oxygen atoms in total. The molecule has 0 aliphatic carbocycles. The van der Waals surface area contributed by atoms with Crippen molar-refractivity contribution < 1.29 is 4.52 Å². The molecule has 0 aliphatic heterocycles. The third kappa shape index (κ3) is 3.01. The zero-order valence-corrected chi connectivity index (χ0v) is 12.7. The maximum atomic E-state index is 5.86. The van der Waals surface area contributed by atoms with Crippen LogP contribution in [0.1, 0.15) is 17.4 Å². The van der Waals surface area contributed by atoms with Crippen molar-refractivity contribution in [2.75, 3.05) is 6.54 Å². The van der Waals surface area contributed by atoms with E-state index in [9.17, 15) is 0 Å². The molecule has 1 unspecified atom stereocenters. The fourth-order valence-electron chi connectivity index (χ4n) is 2.05. The first-order chi connectivity index (χ1) is 10.3. The monoisotopic (exact) mass is 344 g/mol. The van der Waals surface area contributed by atoms with Crippen LogP contribution in [0, 0.1) is 0 Å². The van der Waals surface area contributed by atoms with Gasteiger partial charge >= 0.3 is 0 Å².